The number of carbonyl (C=O) groups is 1. The summed E-state index contributed by atoms with van der Waals surface area (Å²) in [6, 6.07) is 0. The van der Waals surface area contributed by atoms with E-state index in [0.717, 1.165) is 12.8 Å². The van der Waals surface area contributed by atoms with Gasteiger partial charge < -0.3 is 4.74 Å². The SMILES string of the molecule is CCCCOC(=O)P=O. The second-order valence-electron chi connectivity index (χ2n) is 1.56. The van der Waals surface area contributed by atoms with E-state index in [1.54, 1.807) is 0 Å². The van der Waals surface area contributed by atoms with Crippen LogP contribution in [0.5, 0.6) is 0 Å². The maximum atomic E-state index is 10.1. The molecule has 0 atom stereocenters. The van der Waals surface area contributed by atoms with Crippen molar-refractivity contribution in [3.05, 3.63) is 0 Å². The Morgan fingerprint density at radius 2 is 2.33 bits per heavy atom. The Morgan fingerprint density at radius 1 is 1.67 bits per heavy atom. The third-order valence-electron chi connectivity index (χ3n) is 0.798. The van der Waals surface area contributed by atoms with Gasteiger partial charge >= 0.3 is 5.71 Å². The van der Waals surface area contributed by atoms with Crippen LogP contribution in [0.4, 0.5) is 4.79 Å². The zero-order chi connectivity index (χ0) is 7.11. The Kier molecular flexibility index (Phi) is 5.43. The molecule has 0 spiro atoms. The lowest BCUT2D eigenvalue weighted by Crippen LogP contribution is -1.95. The molecule has 0 N–H and O–H groups in total. The smallest absolute Gasteiger partial charge is 0.398 e. The van der Waals surface area contributed by atoms with Gasteiger partial charge in [-0.2, -0.15) is 0 Å². The van der Waals surface area contributed by atoms with E-state index >= 15 is 0 Å². The lowest BCUT2D eigenvalue weighted by atomic mass is 10.4. The molecule has 0 saturated heterocycles. The summed E-state index contributed by atoms with van der Waals surface area (Å²) in [5.74, 6) is 0. The second-order valence-corrected chi connectivity index (χ2v) is 2.11. The highest BCUT2D eigenvalue weighted by molar-refractivity contribution is 7.45. The molecule has 0 aromatic heterocycles. The number of rotatable bonds is 4. The van der Waals surface area contributed by atoms with Gasteiger partial charge in [-0.1, -0.05) is 13.3 Å². The van der Waals surface area contributed by atoms with Gasteiger partial charge in [0, 0.05) is 0 Å². The molecule has 0 amide bonds. The van der Waals surface area contributed by atoms with Crippen LogP contribution in [0, 0.1) is 0 Å². The molecule has 0 aromatic rings. The highest BCUT2D eigenvalue weighted by atomic mass is 31.1. The molecular formula is C5H9O3P. The van der Waals surface area contributed by atoms with Crippen molar-refractivity contribution in [1.82, 2.24) is 0 Å². The third kappa shape index (κ3) is 5.44. The van der Waals surface area contributed by atoms with Crippen molar-refractivity contribution in [2.45, 2.75) is 19.8 Å². The first-order chi connectivity index (χ1) is 4.31. The maximum absolute atomic E-state index is 10.1. The van der Waals surface area contributed by atoms with E-state index < -0.39 is 14.2 Å². The molecule has 3 nitrogen and oxygen atoms in total. The Hall–Kier alpha value is -0.430. The van der Waals surface area contributed by atoms with Gasteiger partial charge in [-0.3, -0.25) is 4.57 Å². The molecule has 0 aliphatic carbocycles. The summed E-state index contributed by atoms with van der Waals surface area (Å²) in [4.78, 5) is 10.1. The van der Waals surface area contributed by atoms with E-state index in [-0.39, 0.29) is 0 Å². The van der Waals surface area contributed by atoms with Crippen LogP contribution in [0.1, 0.15) is 19.8 Å². The first-order valence-electron chi connectivity index (χ1n) is 2.81. The van der Waals surface area contributed by atoms with E-state index in [1.807, 2.05) is 6.92 Å². The van der Waals surface area contributed by atoms with Crippen molar-refractivity contribution in [3.8, 4) is 0 Å². The number of carbonyl (C=O) groups excluding carboxylic acids is 1. The summed E-state index contributed by atoms with van der Waals surface area (Å²) < 4.78 is 14.2. The Balaban J connectivity index is 3.07. The molecule has 0 rings (SSSR count). The predicted octanol–water partition coefficient (Wildman–Crippen LogP) is 2.21. The molecular weight excluding hydrogens is 139 g/mol. The zero-order valence-corrected chi connectivity index (χ0v) is 6.19. The van der Waals surface area contributed by atoms with Crippen LogP contribution >= 0.6 is 8.46 Å². The molecule has 0 aliphatic rings. The van der Waals surface area contributed by atoms with Crippen LogP contribution in [0.25, 0.3) is 0 Å². The molecule has 9 heavy (non-hydrogen) atoms. The Labute approximate surface area is 55.6 Å². The highest BCUT2D eigenvalue weighted by Gasteiger charge is 1.97. The van der Waals surface area contributed by atoms with Crippen LogP contribution < -0.4 is 0 Å². The molecule has 0 saturated carbocycles. The van der Waals surface area contributed by atoms with Gasteiger partial charge in [0.1, 0.15) is 0 Å². The summed E-state index contributed by atoms with van der Waals surface area (Å²) >= 11 is 0. The maximum Gasteiger partial charge on any atom is 0.398 e. The fraction of sp³-hybridized carbons (Fsp3) is 0.800. The van der Waals surface area contributed by atoms with E-state index in [1.165, 1.54) is 0 Å². The van der Waals surface area contributed by atoms with Crippen LogP contribution in [-0.4, -0.2) is 12.3 Å². The lowest BCUT2D eigenvalue weighted by Gasteiger charge is -1.94. The minimum absolute atomic E-state index is 0.380. The molecule has 0 aliphatic heterocycles. The van der Waals surface area contributed by atoms with Crippen molar-refractivity contribution >= 4 is 14.2 Å². The van der Waals surface area contributed by atoms with Crippen LogP contribution in [0.2, 0.25) is 0 Å². The minimum atomic E-state index is -0.677. The molecule has 0 bridgehead atoms. The molecule has 4 heteroatoms. The quantitative estimate of drug-likeness (QED) is 0.453. The third-order valence-corrected chi connectivity index (χ3v) is 1.08. The standard InChI is InChI=1S/C5H9O3P/c1-2-3-4-8-5(6)9-7/h2-4H2,1H3. The van der Waals surface area contributed by atoms with Gasteiger partial charge in [0.2, 0.25) is 0 Å². The first-order valence-corrected chi connectivity index (χ1v) is 3.62. The largest absolute Gasteiger partial charge is 0.457 e. The highest BCUT2D eigenvalue weighted by Crippen LogP contribution is 1.99. The van der Waals surface area contributed by atoms with Crippen LogP contribution in [0.3, 0.4) is 0 Å². The zero-order valence-electron chi connectivity index (χ0n) is 5.29. The monoisotopic (exact) mass is 148 g/mol. The van der Waals surface area contributed by atoms with Crippen LogP contribution in [-0.2, 0) is 9.30 Å². The molecule has 0 heterocycles. The Bertz CT molecular complexity index is 102. The second kappa shape index (κ2) is 5.70. The first kappa shape index (κ1) is 8.57. The van der Waals surface area contributed by atoms with Crippen molar-refractivity contribution in [3.63, 3.8) is 0 Å². The normalized spacial score (nSPS) is 9.44. The minimum Gasteiger partial charge on any atom is -0.457 e. The average molecular weight is 148 g/mol. The van der Waals surface area contributed by atoms with Crippen LogP contribution in [0.15, 0.2) is 0 Å². The summed E-state index contributed by atoms with van der Waals surface area (Å²) in [6.45, 7) is 2.37. The molecule has 0 aromatic carbocycles. The van der Waals surface area contributed by atoms with Gasteiger partial charge in [-0.05, 0) is 6.42 Å². The number of ether oxygens (including phenoxy) is 1. The molecule has 52 valence electrons. The van der Waals surface area contributed by atoms with Crippen molar-refractivity contribution in [2.24, 2.45) is 0 Å². The van der Waals surface area contributed by atoms with Gasteiger partial charge in [-0.15, -0.1) is 0 Å². The molecule has 0 radical (unpaired) electrons. The fourth-order valence-electron chi connectivity index (χ4n) is 0.330. The average Bonchev–Trinajstić information content (AvgIpc) is 1.89. The van der Waals surface area contributed by atoms with E-state index in [0.29, 0.717) is 6.61 Å². The van der Waals surface area contributed by atoms with E-state index in [2.05, 4.69) is 4.74 Å². The Morgan fingerprint density at radius 3 is 2.78 bits per heavy atom. The fourth-order valence-corrected chi connectivity index (χ4v) is 0.474. The summed E-state index contributed by atoms with van der Waals surface area (Å²) in [5.41, 5.74) is -0.677. The summed E-state index contributed by atoms with van der Waals surface area (Å²) in [5, 5.41) is 0. The topological polar surface area (TPSA) is 43.4 Å². The number of hydrogen-bond acceptors (Lipinski definition) is 3. The van der Waals surface area contributed by atoms with Gasteiger partial charge in [0.25, 0.3) is 8.46 Å². The summed E-state index contributed by atoms with van der Waals surface area (Å²) in [6.07, 6.45) is 1.81. The lowest BCUT2D eigenvalue weighted by molar-refractivity contribution is 0.171. The van der Waals surface area contributed by atoms with Crippen molar-refractivity contribution in [1.29, 1.82) is 0 Å². The van der Waals surface area contributed by atoms with Crippen molar-refractivity contribution in [2.75, 3.05) is 6.61 Å². The predicted molar refractivity (Wildman–Crippen MR) is 33.9 cm³/mol. The van der Waals surface area contributed by atoms with E-state index in [4.69, 9.17) is 0 Å². The summed E-state index contributed by atoms with van der Waals surface area (Å²) in [7, 11) is -0.552. The molecule has 0 unspecified atom stereocenters. The van der Waals surface area contributed by atoms with Crippen molar-refractivity contribution < 1.29 is 14.1 Å². The van der Waals surface area contributed by atoms with Gasteiger partial charge in [-0.25, -0.2) is 4.79 Å². The van der Waals surface area contributed by atoms with Gasteiger partial charge in [0.05, 0.1) is 6.61 Å². The van der Waals surface area contributed by atoms with E-state index in [9.17, 15) is 9.36 Å². The van der Waals surface area contributed by atoms with Gasteiger partial charge in [0.15, 0.2) is 0 Å². The molecule has 0 fully saturated rings. The number of unbranched alkanes of at least 4 members (excludes halogenated alkanes) is 1. The number of hydrogen-bond donors (Lipinski definition) is 0.